The van der Waals surface area contributed by atoms with Crippen LogP contribution in [-0.4, -0.2) is 21.1 Å². The molecule has 0 saturated carbocycles. The molecule has 3 heteroatoms. The van der Waals surface area contributed by atoms with Gasteiger partial charge < -0.3 is 5.21 Å². The number of rotatable bonds is 2. The van der Waals surface area contributed by atoms with Crippen molar-refractivity contribution in [2.24, 2.45) is 0 Å². The fourth-order valence-corrected chi connectivity index (χ4v) is 3.31. The highest BCUT2D eigenvalue weighted by atomic mass is 16.8. The van der Waals surface area contributed by atoms with Crippen molar-refractivity contribution in [3.8, 4) is 0 Å². The number of benzene rings is 1. The van der Waals surface area contributed by atoms with E-state index in [2.05, 4.69) is 25.3 Å². The minimum absolute atomic E-state index is 0.0706. The molecule has 1 heterocycles. The minimum atomic E-state index is -1.28. The van der Waals surface area contributed by atoms with Gasteiger partial charge in [0.25, 0.3) is 0 Å². The molecule has 1 aromatic rings. The molecule has 0 aliphatic carbocycles. The third-order valence-corrected chi connectivity index (χ3v) is 5.06. The van der Waals surface area contributed by atoms with Gasteiger partial charge >= 0.3 is 0 Å². The molecule has 1 N–H and O–H groups in total. The van der Waals surface area contributed by atoms with Crippen LogP contribution in [0.15, 0.2) is 43.0 Å². The Labute approximate surface area is 127 Å². The summed E-state index contributed by atoms with van der Waals surface area (Å²) >= 11 is 0. The summed E-state index contributed by atoms with van der Waals surface area (Å²) in [6, 6.07) is 8.15. The first kappa shape index (κ1) is 16.0. The standard InChI is InChI=1S/C18H25NO2/c1-7-14-8-10-15(11-9-14)16-12-17(3,4)19(20,21)18(5,6)13(16)2/h7-11,16,20H,1-2,12H2,3-6H3. The molecule has 0 aromatic heterocycles. The summed E-state index contributed by atoms with van der Waals surface area (Å²) in [7, 11) is 0. The third kappa shape index (κ3) is 2.26. The van der Waals surface area contributed by atoms with E-state index in [0.29, 0.717) is 6.42 Å². The van der Waals surface area contributed by atoms with Crippen LogP contribution >= 0.6 is 0 Å². The van der Waals surface area contributed by atoms with Gasteiger partial charge in [-0.2, -0.15) is 0 Å². The van der Waals surface area contributed by atoms with Gasteiger partial charge in [-0.3, -0.25) is 0 Å². The van der Waals surface area contributed by atoms with Gasteiger partial charge in [0.2, 0.25) is 0 Å². The Balaban J connectivity index is 2.46. The molecule has 114 valence electrons. The Morgan fingerprint density at radius 3 is 2.24 bits per heavy atom. The summed E-state index contributed by atoms with van der Waals surface area (Å²) in [5.41, 5.74) is 1.25. The van der Waals surface area contributed by atoms with Gasteiger partial charge in [-0.25, -0.2) is 10.0 Å². The van der Waals surface area contributed by atoms with E-state index in [4.69, 9.17) is 0 Å². The fraction of sp³-hybridized carbons (Fsp3) is 0.444. The van der Waals surface area contributed by atoms with Crippen LogP contribution in [0.2, 0.25) is 0 Å². The SMILES string of the molecule is C=Cc1ccc(C2CC(C)(C)[N+]([O-])(O)C(C)(C)C2=C)cc1. The van der Waals surface area contributed by atoms with E-state index in [1.54, 1.807) is 19.9 Å². The van der Waals surface area contributed by atoms with Crippen molar-refractivity contribution >= 4 is 6.08 Å². The molecule has 1 saturated heterocycles. The van der Waals surface area contributed by atoms with Gasteiger partial charge in [0.05, 0.1) is 0 Å². The van der Waals surface area contributed by atoms with Crippen molar-refractivity contribution in [3.63, 3.8) is 0 Å². The van der Waals surface area contributed by atoms with Crippen LogP contribution in [0.4, 0.5) is 0 Å². The molecule has 0 spiro atoms. The maximum Gasteiger partial charge on any atom is 0.145 e. The molecule has 1 aliphatic rings. The summed E-state index contributed by atoms with van der Waals surface area (Å²) in [5.74, 6) is 0.0706. The first-order valence-electron chi connectivity index (χ1n) is 7.29. The normalized spacial score (nSPS) is 31.0. The van der Waals surface area contributed by atoms with Crippen LogP contribution in [0.5, 0.6) is 0 Å². The van der Waals surface area contributed by atoms with Gasteiger partial charge in [-0.1, -0.05) is 43.5 Å². The highest BCUT2D eigenvalue weighted by Crippen LogP contribution is 2.51. The van der Waals surface area contributed by atoms with Gasteiger partial charge in [0.1, 0.15) is 11.1 Å². The van der Waals surface area contributed by atoms with E-state index < -0.39 is 15.9 Å². The Morgan fingerprint density at radius 2 is 1.76 bits per heavy atom. The summed E-state index contributed by atoms with van der Waals surface area (Å²) in [6.45, 7) is 15.1. The monoisotopic (exact) mass is 287 g/mol. The Morgan fingerprint density at radius 1 is 1.24 bits per heavy atom. The summed E-state index contributed by atoms with van der Waals surface area (Å²) in [6.07, 6.45) is 2.38. The van der Waals surface area contributed by atoms with Crippen molar-refractivity contribution in [1.29, 1.82) is 0 Å². The molecule has 21 heavy (non-hydrogen) atoms. The molecule has 1 aliphatic heterocycles. The summed E-state index contributed by atoms with van der Waals surface area (Å²) < 4.78 is 0. The smallest absolute Gasteiger partial charge is 0.145 e. The number of hydrogen-bond acceptors (Lipinski definition) is 2. The summed E-state index contributed by atoms with van der Waals surface area (Å²) in [5, 5.41) is 23.2. The predicted molar refractivity (Wildman–Crippen MR) is 86.6 cm³/mol. The zero-order valence-corrected chi connectivity index (χ0v) is 13.4. The molecule has 0 bridgehead atoms. The largest absolute Gasteiger partial charge is 0.597 e. The molecule has 2 rings (SSSR count). The average Bonchev–Trinajstić information content (AvgIpc) is 2.42. The van der Waals surface area contributed by atoms with Crippen molar-refractivity contribution < 1.29 is 10.0 Å². The van der Waals surface area contributed by atoms with Crippen molar-refractivity contribution in [3.05, 3.63) is 59.3 Å². The van der Waals surface area contributed by atoms with E-state index >= 15 is 0 Å². The van der Waals surface area contributed by atoms with Gasteiger partial charge in [0.15, 0.2) is 0 Å². The van der Waals surface area contributed by atoms with Crippen LogP contribution in [0.1, 0.15) is 51.2 Å². The number of hydroxylamine groups is 4. The first-order valence-corrected chi connectivity index (χ1v) is 7.29. The second-order valence-electron chi connectivity index (χ2n) is 7.10. The third-order valence-electron chi connectivity index (χ3n) is 5.06. The maximum atomic E-state index is 12.7. The van der Waals surface area contributed by atoms with Crippen LogP contribution in [0, 0.1) is 5.21 Å². The zero-order valence-electron chi connectivity index (χ0n) is 13.4. The molecule has 0 radical (unpaired) electrons. The molecule has 1 fully saturated rings. The van der Waals surface area contributed by atoms with Crippen molar-refractivity contribution in [2.75, 3.05) is 0 Å². The van der Waals surface area contributed by atoms with E-state index in [1.165, 1.54) is 0 Å². The highest BCUT2D eigenvalue weighted by molar-refractivity contribution is 5.48. The number of hydrogen-bond donors (Lipinski definition) is 1. The fourth-order valence-electron chi connectivity index (χ4n) is 3.31. The van der Waals surface area contributed by atoms with Gasteiger partial charge in [0, 0.05) is 12.3 Å². The van der Waals surface area contributed by atoms with E-state index in [0.717, 1.165) is 16.7 Å². The highest BCUT2D eigenvalue weighted by Gasteiger charge is 2.56. The molecule has 2 atom stereocenters. The Hall–Kier alpha value is -1.42. The maximum absolute atomic E-state index is 12.7. The predicted octanol–water partition coefficient (Wildman–Crippen LogP) is 4.63. The van der Waals surface area contributed by atoms with Crippen molar-refractivity contribution in [1.82, 2.24) is 0 Å². The lowest BCUT2D eigenvalue weighted by Gasteiger charge is -2.61. The molecule has 2 unspecified atom stereocenters. The molecule has 1 aromatic carbocycles. The second kappa shape index (κ2) is 4.80. The molecular weight excluding hydrogens is 262 g/mol. The lowest BCUT2D eigenvalue weighted by molar-refractivity contribution is -1.13. The van der Waals surface area contributed by atoms with Gasteiger partial charge in [-0.05, 0) is 44.4 Å². The molecular formula is C18H25NO2. The van der Waals surface area contributed by atoms with E-state index in [1.807, 2.05) is 26.0 Å². The minimum Gasteiger partial charge on any atom is -0.597 e. The lowest BCUT2D eigenvalue weighted by atomic mass is 9.69. The van der Waals surface area contributed by atoms with Crippen LogP contribution in [-0.2, 0) is 0 Å². The zero-order chi connectivity index (χ0) is 16.1. The van der Waals surface area contributed by atoms with E-state index in [-0.39, 0.29) is 5.92 Å². The molecule has 3 nitrogen and oxygen atoms in total. The Kier molecular flexibility index (Phi) is 3.65. The van der Waals surface area contributed by atoms with Crippen LogP contribution in [0.3, 0.4) is 0 Å². The quantitative estimate of drug-likeness (QED) is 0.489. The lowest BCUT2D eigenvalue weighted by Crippen LogP contribution is -2.70. The first-order chi connectivity index (χ1) is 9.54. The number of quaternary nitrogens is 1. The van der Waals surface area contributed by atoms with Crippen LogP contribution < -0.4 is 0 Å². The molecule has 0 amide bonds. The van der Waals surface area contributed by atoms with Crippen LogP contribution in [0.25, 0.3) is 6.08 Å². The average molecular weight is 287 g/mol. The number of piperidine rings is 1. The summed E-state index contributed by atoms with van der Waals surface area (Å²) in [4.78, 5) is -1.28. The topological polar surface area (TPSA) is 43.3 Å². The number of nitrogens with zero attached hydrogens (tertiary/aromatic N) is 1. The van der Waals surface area contributed by atoms with Crippen molar-refractivity contribution in [2.45, 2.75) is 51.1 Å². The van der Waals surface area contributed by atoms with E-state index in [9.17, 15) is 10.4 Å². The second-order valence-corrected chi connectivity index (χ2v) is 7.10. The Bertz CT molecular complexity index is 567. The van der Waals surface area contributed by atoms with Gasteiger partial charge in [-0.15, -0.1) is 0 Å².